The van der Waals surface area contributed by atoms with Gasteiger partial charge in [0, 0.05) is 24.4 Å². The molecular weight excluding hydrogens is 264 g/mol. The maximum atomic E-state index is 11.9. The first-order valence-corrected chi connectivity index (χ1v) is 7.66. The molecule has 0 radical (unpaired) electrons. The molecule has 0 aliphatic heterocycles. The summed E-state index contributed by atoms with van der Waals surface area (Å²) in [4.78, 5) is 11.9. The summed E-state index contributed by atoms with van der Waals surface area (Å²) >= 11 is 0. The lowest BCUT2D eigenvalue weighted by atomic mass is 10.1. The van der Waals surface area contributed by atoms with Crippen LogP contribution in [0.15, 0.2) is 18.2 Å². The summed E-state index contributed by atoms with van der Waals surface area (Å²) in [7, 11) is 0. The maximum Gasteiger partial charge on any atom is 0.224 e. The van der Waals surface area contributed by atoms with Gasteiger partial charge in [-0.2, -0.15) is 0 Å². The number of amides is 1. The van der Waals surface area contributed by atoms with E-state index in [0.29, 0.717) is 24.6 Å². The molecule has 0 fully saturated rings. The molecule has 0 saturated carbocycles. The number of nitrogen functional groups attached to an aromatic ring is 1. The second kappa shape index (κ2) is 8.67. The van der Waals surface area contributed by atoms with Crippen molar-refractivity contribution in [3.8, 4) is 0 Å². The lowest BCUT2D eigenvalue weighted by molar-refractivity contribution is -0.116. The van der Waals surface area contributed by atoms with Crippen LogP contribution in [0.4, 0.5) is 11.4 Å². The van der Waals surface area contributed by atoms with Crippen molar-refractivity contribution in [3.63, 3.8) is 0 Å². The second-order valence-electron chi connectivity index (χ2n) is 5.98. The number of ether oxygens (including phenoxy) is 1. The first-order chi connectivity index (χ1) is 9.90. The standard InChI is InChI=1S/C17H28N2O2/c1-12(2)11-13(3)21-10-6-9-17(20)19-16-8-5-7-15(18)14(16)4/h5,7-8,12-13H,6,9-11,18H2,1-4H3,(H,19,20). The van der Waals surface area contributed by atoms with E-state index in [1.165, 1.54) is 0 Å². The fourth-order valence-electron chi connectivity index (χ4n) is 2.25. The minimum atomic E-state index is 0.00353. The normalized spacial score (nSPS) is 12.4. The summed E-state index contributed by atoms with van der Waals surface area (Å²) in [6.07, 6.45) is 2.50. The van der Waals surface area contributed by atoms with Crippen LogP contribution in [0.5, 0.6) is 0 Å². The molecule has 4 nitrogen and oxygen atoms in total. The molecule has 21 heavy (non-hydrogen) atoms. The van der Waals surface area contributed by atoms with Crippen LogP contribution in [0, 0.1) is 12.8 Å². The Morgan fingerprint density at radius 3 is 2.71 bits per heavy atom. The van der Waals surface area contributed by atoms with Crippen molar-refractivity contribution in [2.45, 2.75) is 53.1 Å². The van der Waals surface area contributed by atoms with E-state index in [2.05, 4.69) is 26.1 Å². The van der Waals surface area contributed by atoms with E-state index in [-0.39, 0.29) is 12.0 Å². The number of hydrogen-bond acceptors (Lipinski definition) is 3. The largest absolute Gasteiger partial charge is 0.398 e. The Morgan fingerprint density at radius 1 is 1.33 bits per heavy atom. The zero-order chi connectivity index (χ0) is 15.8. The van der Waals surface area contributed by atoms with Crippen molar-refractivity contribution in [3.05, 3.63) is 23.8 Å². The summed E-state index contributed by atoms with van der Waals surface area (Å²) in [6, 6.07) is 5.54. The number of rotatable bonds is 8. The molecule has 4 heteroatoms. The van der Waals surface area contributed by atoms with Crippen LogP contribution in [0.3, 0.4) is 0 Å². The van der Waals surface area contributed by atoms with Gasteiger partial charge in [-0.3, -0.25) is 4.79 Å². The molecule has 1 aromatic rings. The van der Waals surface area contributed by atoms with E-state index in [1.54, 1.807) is 0 Å². The van der Waals surface area contributed by atoms with Gasteiger partial charge in [0.1, 0.15) is 0 Å². The van der Waals surface area contributed by atoms with Crippen LogP contribution in [0.2, 0.25) is 0 Å². The molecule has 1 unspecified atom stereocenters. The number of carbonyl (C=O) groups excluding carboxylic acids is 1. The molecule has 0 aromatic heterocycles. The van der Waals surface area contributed by atoms with Gasteiger partial charge in [0.25, 0.3) is 0 Å². The summed E-state index contributed by atoms with van der Waals surface area (Å²) in [5, 5.41) is 2.90. The summed E-state index contributed by atoms with van der Waals surface area (Å²) in [5.41, 5.74) is 8.21. The van der Waals surface area contributed by atoms with Crippen LogP contribution in [-0.2, 0) is 9.53 Å². The molecular formula is C17H28N2O2. The SMILES string of the molecule is Cc1c(N)cccc1NC(=O)CCCOC(C)CC(C)C. The highest BCUT2D eigenvalue weighted by Crippen LogP contribution is 2.20. The molecule has 1 atom stereocenters. The average Bonchev–Trinajstić information content (AvgIpc) is 2.39. The number of hydrogen-bond donors (Lipinski definition) is 2. The molecule has 1 aromatic carbocycles. The van der Waals surface area contributed by atoms with Crippen molar-refractivity contribution in [1.82, 2.24) is 0 Å². The third kappa shape index (κ3) is 6.63. The highest BCUT2D eigenvalue weighted by atomic mass is 16.5. The molecule has 0 spiro atoms. The fraction of sp³-hybridized carbons (Fsp3) is 0.588. The Morgan fingerprint density at radius 2 is 2.05 bits per heavy atom. The zero-order valence-corrected chi connectivity index (χ0v) is 13.6. The van der Waals surface area contributed by atoms with Crippen molar-refractivity contribution >= 4 is 17.3 Å². The number of anilines is 2. The molecule has 1 amide bonds. The lowest BCUT2D eigenvalue weighted by Crippen LogP contribution is -2.16. The number of benzene rings is 1. The number of carbonyl (C=O) groups is 1. The molecule has 118 valence electrons. The molecule has 0 saturated heterocycles. The van der Waals surface area contributed by atoms with Gasteiger partial charge < -0.3 is 15.8 Å². The van der Waals surface area contributed by atoms with Crippen molar-refractivity contribution in [2.75, 3.05) is 17.7 Å². The Hall–Kier alpha value is -1.55. The average molecular weight is 292 g/mol. The minimum Gasteiger partial charge on any atom is -0.398 e. The van der Waals surface area contributed by atoms with Crippen molar-refractivity contribution < 1.29 is 9.53 Å². The van der Waals surface area contributed by atoms with Gasteiger partial charge in [0.15, 0.2) is 0 Å². The number of nitrogens with two attached hydrogens (primary N) is 1. The van der Waals surface area contributed by atoms with E-state index in [0.717, 1.165) is 24.1 Å². The van der Waals surface area contributed by atoms with Gasteiger partial charge in [-0.1, -0.05) is 19.9 Å². The molecule has 1 rings (SSSR count). The van der Waals surface area contributed by atoms with Crippen molar-refractivity contribution in [1.29, 1.82) is 0 Å². The highest BCUT2D eigenvalue weighted by molar-refractivity contribution is 5.92. The van der Waals surface area contributed by atoms with Crippen molar-refractivity contribution in [2.24, 2.45) is 5.92 Å². The van der Waals surface area contributed by atoms with Crippen LogP contribution >= 0.6 is 0 Å². The van der Waals surface area contributed by atoms with E-state index in [1.807, 2.05) is 25.1 Å². The molecule has 0 bridgehead atoms. The van der Waals surface area contributed by atoms with Crippen LogP contribution in [0.1, 0.15) is 45.6 Å². The summed E-state index contributed by atoms with van der Waals surface area (Å²) in [6.45, 7) is 8.97. The van der Waals surface area contributed by atoms with Crippen LogP contribution in [-0.4, -0.2) is 18.6 Å². The first-order valence-electron chi connectivity index (χ1n) is 7.66. The highest BCUT2D eigenvalue weighted by Gasteiger charge is 2.08. The topological polar surface area (TPSA) is 64.3 Å². The quantitative estimate of drug-likeness (QED) is 0.566. The Kier molecular flexibility index (Phi) is 7.23. The summed E-state index contributed by atoms with van der Waals surface area (Å²) in [5.74, 6) is 0.638. The smallest absolute Gasteiger partial charge is 0.224 e. The van der Waals surface area contributed by atoms with E-state index >= 15 is 0 Å². The van der Waals surface area contributed by atoms with Gasteiger partial charge >= 0.3 is 0 Å². The van der Waals surface area contributed by atoms with Gasteiger partial charge in [-0.15, -0.1) is 0 Å². The van der Waals surface area contributed by atoms with Crippen LogP contribution in [0.25, 0.3) is 0 Å². The molecule has 0 aliphatic rings. The van der Waals surface area contributed by atoms with E-state index in [9.17, 15) is 4.79 Å². The summed E-state index contributed by atoms with van der Waals surface area (Å²) < 4.78 is 5.70. The first kappa shape index (κ1) is 17.5. The zero-order valence-electron chi connectivity index (χ0n) is 13.6. The fourth-order valence-corrected chi connectivity index (χ4v) is 2.25. The second-order valence-corrected chi connectivity index (χ2v) is 5.98. The van der Waals surface area contributed by atoms with Gasteiger partial charge in [-0.25, -0.2) is 0 Å². The van der Waals surface area contributed by atoms with E-state index in [4.69, 9.17) is 10.5 Å². The third-order valence-electron chi connectivity index (χ3n) is 3.40. The van der Waals surface area contributed by atoms with Gasteiger partial charge in [0.05, 0.1) is 6.10 Å². The Labute approximate surface area is 128 Å². The monoisotopic (exact) mass is 292 g/mol. The third-order valence-corrected chi connectivity index (χ3v) is 3.40. The number of nitrogens with one attached hydrogen (secondary N) is 1. The Balaban J connectivity index is 2.27. The van der Waals surface area contributed by atoms with Crippen LogP contribution < -0.4 is 11.1 Å². The predicted octanol–water partition coefficient (Wildman–Crippen LogP) is 3.75. The predicted molar refractivity (Wildman–Crippen MR) is 88.3 cm³/mol. The van der Waals surface area contributed by atoms with E-state index < -0.39 is 0 Å². The molecule has 0 heterocycles. The molecule has 3 N–H and O–H groups in total. The maximum absolute atomic E-state index is 11.9. The molecule has 0 aliphatic carbocycles. The minimum absolute atomic E-state index is 0.00353. The van der Waals surface area contributed by atoms with Gasteiger partial charge in [0.2, 0.25) is 5.91 Å². The van der Waals surface area contributed by atoms with Gasteiger partial charge in [-0.05, 0) is 50.3 Å². The lowest BCUT2D eigenvalue weighted by Gasteiger charge is -2.15. The Bertz CT molecular complexity index is 458.